The molecule has 1 aromatic carbocycles. The second-order valence-corrected chi connectivity index (χ2v) is 2.89. The Morgan fingerprint density at radius 3 is 2.67 bits per heavy atom. The first-order valence-corrected chi connectivity index (χ1v) is 3.66. The molecule has 0 bridgehead atoms. The summed E-state index contributed by atoms with van der Waals surface area (Å²) in [5, 5.41) is 10.5. The molecule has 0 fully saturated rings. The smallest absolute Gasteiger partial charge is 0.258 e. The summed E-state index contributed by atoms with van der Waals surface area (Å²) in [5.41, 5.74) is 1.42. The topological polar surface area (TPSA) is 43.1 Å². The number of hydrogen-bond donors (Lipinski definition) is 0. The molecule has 1 aromatic rings. The fourth-order valence-electron chi connectivity index (χ4n) is 0.847. The molecular formula is C8H7ClNO2. The molecule has 0 atom stereocenters. The Balaban J connectivity index is 3.33. The SMILES string of the molecule is [CH2]c1cc(Cl)c([N+](=O)[O-])cc1C. The monoisotopic (exact) mass is 184 g/mol. The Hall–Kier alpha value is -1.09. The maximum absolute atomic E-state index is 10.4. The van der Waals surface area contributed by atoms with Gasteiger partial charge in [0.25, 0.3) is 5.69 Å². The van der Waals surface area contributed by atoms with Crippen LogP contribution in [0.2, 0.25) is 5.02 Å². The molecule has 0 saturated heterocycles. The first kappa shape index (κ1) is 9.00. The molecule has 0 spiro atoms. The lowest BCUT2D eigenvalue weighted by Crippen LogP contribution is -1.91. The maximum Gasteiger partial charge on any atom is 0.288 e. The third kappa shape index (κ3) is 1.56. The minimum Gasteiger partial charge on any atom is -0.258 e. The molecule has 1 rings (SSSR count). The highest BCUT2D eigenvalue weighted by atomic mass is 35.5. The molecule has 0 aliphatic carbocycles. The van der Waals surface area contributed by atoms with E-state index < -0.39 is 4.92 Å². The van der Waals surface area contributed by atoms with Gasteiger partial charge in [-0.15, -0.1) is 0 Å². The van der Waals surface area contributed by atoms with E-state index in [4.69, 9.17) is 11.6 Å². The third-order valence-corrected chi connectivity index (χ3v) is 1.90. The van der Waals surface area contributed by atoms with E-state index in [1.54, 1.807) is 6.92 Å². The van der Waals surface area contributed by atoms with Crippen molar-refractivity contribution in [3.63, 3.8) is 0 Å². The molecule has 4 heteroatoms. The molecule has 0 heterocycles. The van der Waals surface area contributed by atoms with Crippen molar-refractivity contribution in [2.75, 3.05) is 0 Å². The molecule has 12 heavy (non-hydrogen) atoms. The fraction of sp³-hybridized carbons (Fsp3) is 0.125. The number of nitro benzene ring substituents is 1. The highest BCUT2D eigenvalue weighted by molar-refractivity contribution is 6.32. The van der Waals surface area contributed by atoms with Crippen LogP contribution in [0, 0.1) is 24.0 Å². The number of rotatable bonds is 1. The zero-order chi connectivity index (χ0) is 9.30. The molecule has 0 aliphatic heterocycles. The van der Waals surface area contributed by atoms with Crippen LogP contribution in [0.15, 0.2) is 12.1 Å². The van der Waals surface area contributed by atoms with Crippen molar-refractivity contribution in [3.8, 4) is 0 Å². The number of aryl methyl sites for hydroxylation is 1. The molecular weight excluding hydrogens is 178 g/mol. The van der Waals surface area contributed by atoms with E-state index in [0.29, 0.717) is 5.56 Å². The molecule has 63 valence electrons. The van der Waals surface area contributed by atoms with Gasteiger partial charge in [0.15, 0.2) is 0 Å². The van der Waals surface area contributed by atoms with Crippen molar-refractivity contribution in [1.82, 2.24) is 0 Å². The molecule has 3 nitrogen and oxygen atoms in total. The number of nitro groups is 1. The van der Waals surface area contributed by atoms with Gasteiger partial charge in [0, 0.05) is 6.07 Å². The average Bonchev–Trinajstić information content (AvgIpc) is 1.96. The quantitative estimate of drug-likeness (QED) is 0.498. The third-order valence-electron chi connectivity index (χ3n) is 1.60. The molecule has 0 N–H and O–H groups in total. The molecule has 1 radical (unpaired) electrons. The summed E-state index contributed by atoms with van der Waals surface area (Å²) < 4.78 is 0. The lowest BCUT2D eigenvalue weighted by Gasteiger charge is -2.00. The minimum atomic E-state index is -0.505. The summed E-state index contributed by atoms with van der Waals surface area (Å²) in [6, 6.07) is 2.92. The van der Waals surface area contributed by atoms with Crippen LogP contribution in [-0.2, 0) is 0 Å². The Labute approximate surface area is 75.1 Å². The molecule has 0 amide bonds. The maximum atomic E-state index is 10.4. The summed E-state index contributed by atoms with van der Waals surface area (Å²) in [6.07, 6.45) is 0. The van der Waals surface area contributed by atoms with Gasteiger partial charge in [-0.05, 0) is 31.0 Å². The van der Waals surface area contributed by atoms with E-state index in [1.165, 1.54) is 12.1 Å². The Morgan fingerprint density at radius 1 is 1.58 bits per heavy atom. The van der Waals surface area contributed by atoms with Crippen LogP contribution in [0.25, 0.3) is 0 Å². The summed E-state index contributed by atoms with van der Waals surface area (Å²) in [6.45, 7) is 5.43. The lowest BCUT2D eigenvalue weighted by atomic mass is 10.1. The first-order chi connectivity index (χ1) is 5.52. The predicted molar refractivity (Wildman–Crippen MR) is 47.3 cm³/mol. The number of hydrogen-bond acceptors (Lipinski definition) is 2. The van der Waals surface area contributed by atoms with Crippen molar-refractivity contribution in [3.05, 3.63) is 45.3 Å². The first-order valence-electron chi connectivity index (χ1n) is 3.29. The van der Waals surface area contributed by atoms with Crippen molar-refractivity contribution in [2.24, 2.45) is 0 Å². The van der Waals surface area contributed by atoms with Crippen molar-refractivity contribution < 1.29 is 4.92 Å². The van der Waals surface area contributed by atoms with Crippen LogP contribution in [0.4, 0.5) is 5.69 Å². The van der Waals surface area contributed by atoms with E-state index >= 15 is 0 Å². The molecule has 0 aliphatic rings. The minimum absolute atomic E-state index is 0.0680. The van der Waals surface area contributed by atoms with Crippen LogP contribution in [0.1, 0.15) is 11.1 Å². The van der Waals surface area contributed by atoms with Crippen LogP contribution in [0.5, 0.6) is 0 Å². The highest BCUT2D eigenvalue weighted by Crippen LogP contribution is 2.26. The van der Waals surface area contributed by atoms with E-state index in [-0.39, 0.29) is 10.7 Å². The van der Waals surface area contributed by atoms with Gasteiger partial charge in [0.05, 0.1) is 4.92 Å². The Morgan fingerprint density at radius 2 is 2.17 bits per heavy atom. The average molecular weight is 185 g/mol. The normalized spacial score (nSPS) is 9.92. The van der Waals surface area contributed by atoms with E-state index in [9.17, 15) is 10.1 Å². The van der Waals surface area contributed by atoms with Crippen molar-refractivity contribution in [1.29, 1.82) is 0 Å². The van der Waals surface area contributed by atoms with Gasteiger partial charge in [-0.1, -0.05) is 11.6 Å². The van der Waals surface area contributed by atoms with Gasteiger partial charge in [0.1, 0.15) is 5.02 Å². The predicted octanol–water partition coefficient (Wildman–Crippen LogP) is 2.74. The summed E-state index contributed by atoms with van der Waals surface area (Å²) >= 11 is 5.61. The van der Waals surface area contributed by atoms with Crippen molar-refractivity contribution >= 4 is 17.3 Å². The van der Waals surface area contributed by atoms with Crippen LogP contribution in [0.3, 0.4) is 0 Å². The highest BCUT2D eigenvalue weighted by Gasteiger charge is 2.12. The second-order valence-electron chi connectivity index (χ2n) is 2.49. The summed E-state index contributed by atoms with van der Waals surface area (Å²) in [7, 11) is 0. The van der Waals surface area contributed by atoms with E-state index in [2.05, 4.69) is 6.92 Å². The van der Waals surface area contributed by atoms with Gasteiger partial charge in [-0.2, -0.15) is 0 Å². The Bertz CT molecular complexity index is 336. The van der Waals surface area contributed by atoms with Gasteiger partial charge in [0.2, 0.25) is 0 Å². The van der Waals surface area contributed by atoms with Crippen molar-refractivity contribution in [2.45, 2.75) is 6.92 Å². The van der Waals surface area contributed by atoms with Gasteiger partial charge in [-0.3, -0.25) is 10.1 Å². The van der Waals surface area contributed by atoms with Crippen LogP contribution in [-0.4, -0.2) is 4.92 Å². The Kier molecular flexibility index (Phi) is 2.33. The number of halogens is 1. The zero-order valence-corrected chi connectivity index (χ0v) is 7.26. The van der Waals surface area contributed by atoms with Crippen LogP contribution >= 0.6 is 11.6 Å². The van der Waals surface area contributed by atoms with Gasteiger partial charge >= 0.3 is 0 Å². The summed E-state index contributed by atoms with van der Waals surface area (Å²) in [5.74, 6) is 0. The fourth-order valence-corrected chi connectivity index (χ4v) is 1.10. The summed E-state index contributed by atoms with van der Waals surface area (Å²) in [4.78, 5) is 9.88. The van der Waals surface area contributed by atoms with Gasteiger partial charge < -0.3 is 0 Å². The van der Waals surface area contributed by atoms with E-state index in [1.807, 2.05) is 0 Å². The number of benzene rings is 1. The standard InChI is InChI=1S/C8H7ClNO2/c1-5-3-7(9)8(10(11)12)4-6(5)2/h3-4H,1H2,2H3. The van der Waals surface area contributed by atoms with E-state index in [0.717, 1.165) is 5.56 Å². The lowest BCUT2D eigenvalue weighted by molar-refractivity contribution is -0.384. The zero-order valence-electron chi connectivity index (χ0n) is 6.50. The largest absolute Gasteiger partial charge is 0.288 e. The molecule has 0 saturated carbocycles. The molecule has 0 aromatic heterocycles. The van der Waals surface area contributed by atoms with Gasteiger partial charge in [-0.25, -0.2) is 0 Å². The van der Waals surface area contributed by atoms with Crippen LogP contribution < -0.4 is 0 Å². The molecule has 0 unspecified atom stereocenters. The number of nitrogens with zero attached hydrogens (tertiary/aromatic N) is 1. The second kappa shape index (κ2) is 3.11.